The first-order valence-corrected chi connectivity index (χ1v) is 4.92. The lowest BCUT2D eigenvalue weighted by Gasteiger charge is -2.09. The van der Waals surface area contributed by atoms with Crippen molar-refractivity contribution in [3.8, 4) is 0 Å². The van der Waals surface area contributed by atoms with Gasteiger partial charge in [0, 0.05) is 10.6 Å². The van der Waals surface area contributed by atoms with Crippen molar-refractivity contribution in [2.24, 2.45) is 0 Å². The Balaban J connectivity index is 3.34. The van der Waals surface area contributed by atoms with Gasteiger partial charge in [-0.05, 0) is 36.6 Å². The molecule has 0 bridgehead atoms. The van der Waals surface area contributed by atoms with Crippen LogP contribution < -0.4 is 0 Å². The van der Waals surface area contributed by atoms with Crippen LogP contribution in [0.25, 0.3) is 0 Å². The van der Waals surface area contributed by atoms with Crippen molar-refractivity contribution in [1.29, 1.82) is 0 Å². The molecule has 0 radical (unpaired) electrons. The molecule has 0 aliphatic rings. The SMILES string of the molecule is CCc1c(Cl)ccc(C(=O)C(=O)O)c1C. The van der Waals surface area contributed by atoms with Crippen molar-refractivity contribution in [2.75, 3.05) is 0 Å². The van der Waals surface area contributed by atoms with Crippen molar-refractivity contribution < 1.29 is 14.7 Å². The predicted molar refractivity (Wildman–Crippen MR) is 57.5 cm³/mol. The van der Waals surface area contributed by atoms with E-state index in [-0.39, 0.29) is 5.56 Å². The predicted octanol–water partition coefficient (Wildman–Crippen LogP) is 2.48. The summed E-state index contributed by atoms with van der Waals surface area (Å²) >= 11 is 5.93. The zero-order valence-electron chi connectivity index (χ0n) is 8.50. The van der Waals surface area contributed by atoms with E-state index in [0.29, 0.717) is 17.0 Å². The van der Waals surface area contributed by atoms with Crippen molar-refractivity contribution in [2.45, 2.75) is 20.3 Å². The zero-order valence-corrected chi connectivity index (χ0v) is 9.26. The molecule has 0 heterocycles. The van der Waals surface area contributed by atoms with Crippen molar-refractivity contribution in [1.82, 2.24) is 0 Å². The summed E-state index contributed by atoms with van der Waals surface area (Å²) in [6.07, 6.45) is 0.672. The number of hydrogen-bond acceptors (Lipinski definition) is 2. The molecule has 0 spiro atoms. The largest absolute Gasteiger partial charge is 0.475 e. The molecule has 0 saturated carbocycles. The summed E-state index contributed by atoms with van der Waals surface area (Å²) in [5, 5.41) is 9.18. The summed E-state index contributed by atoms with van der Waals surface area (Å²) in [6, 6.07) is 3.01. The monoisotopic (exact) mass is 226 g/mol. The Morgan fingerprint density at radius 2 is 2.00 bits per heavy atom. The van der Waals surface area contributed by atoms with Crippen LogP contribution in [0.3, 0.4) is 0 Å². The van der Waals surface area contributed by atoms with Gasteiger partial charge in [-0.1, -0.05) is 18.5 Å². The number of carbonyl (C=O) groups is 2. The number of hydrogen-bond donors (Lipinski definition) is 1. The summed E-state index contributed by atoms with van der Waals surface area (Å²) in [6.45, 7) is 3.62. The lowest BCUT2D eigenvalue weighted by atomic mass is 9.98. The molecule has 0 unspecified atom stereocenters. The van der Waals surface area contributed by atoms with E-state index in [2.05, 4.69) is 0 Å². The number of Topliss-reactive ketones (excluding diaryl/α,β-unsaturated/α-hetero) is 1. The quantitative estimate of drug-likeness (QED) is 0.636. The first-order valence-electron chi connectivity index (χ1n) is 4.54. The van der Waals surface area contributed by atoms with Crippen LogP contribution in [0.15, 0.2) is 12.1 Å². The molecule has 0 atom stereocenters. The fourth-order valence-electron chi connectivity index (χ4n) is 1.52. The molecule has 0 amide bonds. The number of halogens is 1. The fourth-order valence-corrected chi connectivity index (χ4v) is 1.86. The van der Waals surface area contributed by atoms with E-state index in [1.807, 2.05) is 6.92 Å². The molecule has 1 N–H and O–H groups in total. The van der Waals surface area contributed by atoms with Gasteiger partial charge >= 0.3 is 5.97 Å². The average molecular weight is 227 g/mol. The molecule has 4 heteroatoms. The van der Waals surface area contributed by atoms with Crippen molar-refractivity contribution in [3.05, 3.63) is 33.8 Å². The Kier molecular flexibility index (Phi) is 3.48. The molecular formula is C11H11ClO3. The van der Waals surface area contributed by atoms with E-state index >= 15 is 0 Å². The molecule has 3 nitrogen and oxygen atoms in total. The second kappa shape index (κ2) is 4.45. The maximum Gasteiger partial charge on any atom is 0.377 e. The van der Waals surface area contributed by atoms with Crippen LogP contribution in [0, 0.1) is 6.92 Å². The minimum atomic E-state index is -1.44. The van der Waals surface area contributed by atoms with E-state index in [1.54, 1.807) is 13.0 Å². The average Bonchev–Trinajstić information content (AvgIpc) is 2.17. The van der Waals surface area contributed by atoms with Gasteiger partial charge in [-0.25, -0.2) is 4.79 Å². The highest BCUT2D eigenvalue weighted by atomic mass is 35.5. The second-order valence-electron chi connectivity index (χ2n) is 3.19. The van der Waals surface area contributed by atoms with Gasteiger partial charge in [0.25, 0.3) is 5.78 Å². The molecule has 1 aromatic rings. The van der Waals surface area contributed by atoms with Gasteiger partial charge < -0.3 is 5.11 Å². The highest BCUT2D eigenvalue weighted by Gasteiger charge is 2.19. The minimum Gasteiger partial charge on any atom is -0.475 e. The number of carboxylic acid groups (broad SMARTS) is 1. The molecular weight excluding hydrogens is 216 g/mol. The van der Waals surface area contributed by atoms with E-state index in [0.717, 1.165) is 5.56 Å². The van der Waals surface area contributed by atoms with E-state index in [1.165, 1.54) is 6.07 Å². The number of benzene rings is 1. The maximum absolute atomic E-state index is 11.3. The molecule has 0 aliphatic carbocycles. The molecule has 0 aromatic heterocycles. The van der Waals surface area contributed by atoms with Gasteiger partial charge in [0.1, 0.15) is 0 Å². The molecule has 0 saturated heterocycles. The van der Waals surface area contributed by atoms with Crippen LogP contribution in [0.4, 0.5) is 0 Å². The zero-order chi connectivity index (χ0) is 11.6. The topological polar surface area (TPSA) is 54.4 Å². The Labute approximate surface area is 92.7 Å². The summed E-state index contributed by atoms with van der Waals surface area (Å²) in [4.78, 5) is 21.9. The molecule has 1 rings (SSSR count). The van der Waals surface area contributed by atoms with E-state index < -0.39 is 11.8 Å². The standard InChI is InChI=1S/C11H11ClO3/c1-3-7-6(2)8(4-5-9(7)12)10(13)11(14)15/h4-5H,3H2,1-2H3,(H,14,15). The minimum absolute atomic E-state index is 0.212. The van der Waals surface area contributed by atoms with Gasteiger partial charge in [0.05, 0.1) is 0 Å². The second-order valence-corrected chi connectivity index (χ2v) is 3.59. The summed E-state index contributed by atoms with van der Waals surface area (Å²) in [5.74, 6) is -2.33. The van der Waals surface area contributed by atoms with Gasteiger partial charge in [-0.2, -0.15) is 0 Å². The van der Waals surface area contributed by atoms with Gasteiger partial charge in [0.2, 0.25) is 0 Å². The number of carboxylic acids is 1. The lowest BCUT2D eigenvalue weighted by Crippen LogP contribution is -2.15. The smallest absolute Gasteiger partial charge is 0.377 e. The fraction of sp³-hybridized carbons (Fsp3) is 0.273. The Morgan fingerprint density at radius 3 is 2.47 bits per heavy atom. The van der Waals surface area contributed by atoms with Gasteiger partial charge in [-0.15, -0.1) is 0 Å². The molecule has 80 valence electrons. The molecule has 0 fully saturated rings. The van der Waals surface area contributed by atoms with E-state index in [4.69, 9.17) is 16.7 Å². The number of ketones is 1. The lowest BCUT2D eigenvalue weighted by molar-refractivity contribution is -0.131. The maximum atomic E-state index is 11.3. The highest BCUT2D eigenvalue weighted by Crippen LogP contribution is 2.23. The van der Waals surface area contributed by atoms with Crippen molar-refractivity contribution in [3.63, 3.8) is 0 Å². The highest BCUT2D eigenvalue weighted by molar-refractivity contribution is 6.40. The van der Waals surface area contributed by atoms with Crippen LogP contribution >= 0.6 is 11.6 Å². The van der Waals surface area contributed by atoms with Gasteiger partial charge in [0.15, 0.2) is 0 Å². The Morgan fingerprint density at radius 1 is 1.40 bits per heavy atom. The summed E-state index contributed by atoms with van der Waals surface area (Å²) in [5.41, 5.74) is 1.69. The Hall–Kier alpha value is -1.35. The third kappa shape index (κ3) is 2.18. The summed E-state index contributed by atoms with van der Waals surface area (Å²) in [7, 11) is 0. The molecule has 0 aliphatic heterocycles. The van der Waals surface area contributed by atoms with Gasteiger partial charge in [-0.3, -0.25) is 4.79 Å². The van der Waals surface area contributed by atoms with Crippen LogP contribution in [0.2, 0.25) is 5.02 Å². The number of aliphatic carboxylic acids is 1. The summed E-state index contributed by atoms with van der Waals surface area (Å²) < 4.78 is 0. The first kappa shape index (κ1) is 11.7. The third-order valence-corrected chi connectivity index (χ3v) is 2.69. The van der Waals surface area contributed by atoms with Crippen LogP contribution in [0.1, 0.15) is 28.4 Å². The Bertz CT molecular complexity index is 424. The number of rotatable bonds is 3. The third-order valence-electron chi connectivity index (χ3n) is 2.33. The molecule has 15 heavy (non-hydrogen) atoms. The normalized spacial score (nSPS) is 10.1. The van der Waals surface area contributed by atoms with Crippen LogP contribution in [-0.2, 0) is 11.2 Å². The van der Waals surface area contributed by atoms with Crippen LogP contribution in [-0.4, -0.2) is 16.9 Å². The number of carbonyl (C=O) groups excluding carboxylic acids is 1. The first-order chi connectivity index (χ1) is 6.99. The van der Waals surface area contributed by atoms with E-state index in [9.17, 15) is 9.59 Å². The van der Waals surface area contributed by atoms with Crippen molar-refractivity contribution >= 4 is 23.4 Å². The molecule has 1 aromatic carbocycles. The van der Waals surface area contributed by atoms with Crippen LogP contribution in [0.5, 0.6) is 0 Å².